The molecule has 0 spiro atoms. The first-order valence-corrected chi connectivity index (χ1v) is 8.57. The second-order valence-electron chi connectivity index (χ2n) is 5.30. The summed E-state index contributed by atoms with van der Waals surface area (Å²) >= 11 is 0. The molecule has 1 N–H and O–H groups in total. The van der Waals surface area contributed by atoms with Gasteiger partial charge >= 0.3 is 0 Å². The van der Waals surface area contributed by atoms with Crippen molar-refractivity contribution in [3.63, 3.8) is 0 Å². The van der Waals surface area contributed by atoms with Gasteiger partial charge in [-0.2, -0.15) is 0 Å². The lowest BCUT2D eigenvalue weighted by molar-refractivity contribution is 0.509. The van der Waals surface area contributed by atoms with Gasteiger partial charge in [0.1, 0.15) is 0 Å². The standard InChI is InChI=1S/C15H25NO2S/c1-5-16-13(3)10-14(4)19(17,18)11-15-8-6-7-12(2)9-15/h6-9,13-14,16H,5,10-11H2,1-4H3. The Labute approximate surface area is 117 Å². The van der Waals surface area contributed by atoms with E-state index >= 15 is 0 Å². The fourth-order valence-electron chi connectivity index (χ4n) is 2.25. The van der Waals surface area contributed by atoms with E-state index in [0.717, 1.165) is 17.7 Å². The van der Waals surface area contributed by atoms with Crippen LogP contribution in [0.3, 0.4) is 0 Å². The lowest BCUT2D eigenvalue weighted by Gasteiger charge is -2.18. The number of hydrogen-bond donors (Lipinski definition) is 1. The van der Waals surface area contributed by atoms with Gasteiger partial charge in [0.05, 0.1) is 11.0 Å². The zero-order valence-corrected chi connectivity index (χ0v) is 13.1. The molecule has 0 amide bonds. The Hall–Kier alpha value is -0.870. The van der Waals surface area contributed by atoms with E-state index in [2.05, 4.69) is 5.32 Å². The summed E-state index contributed by atoms with van der Waals surface area (Å²) in [5.74, 6) is 0.134. The summed E-state index contributed by atoms with van der Waals surface area (Å²) in [5, 5.41) is 2.94. The highest BCUT2D eigenvalue weighted by Crippen LogP contribution is 2.16. The summed E-state index contributed by atoms with van der Waals surface area (Å²) in [7, 11) is -3.08. The number of hydrogen-bond acceptors (Lipinski definition) is 3. The maximum Gasteiger partial charge on any atom is 0.157 e. The minimum Gasteiger partial charge on any atom is -0.314 e. The summed E-state index contributed by atoms with van der Waals surface area (Å²) < 4.78 is 24.6. The highest BCUT2D eigenvalue weighted by atomic mass is 32.2. The Morgan fingerprint density at radius 3 is 2.53 bits per heavy atom. The topological polar surface area (TPSA) is 46.2 Å². The van der Waals surface area contributed by atoms with Gasteiger partial charge in [-0.25, -0.2) is 8.42 Å². The average molecular weight is 283 g/mol. The van der Waals surface area contributed by atoms with Gasteiger partial charge in [0.2, 0.25) is 0 Å². The second-order valence-corrected chi connectivity index (χ2v) is 7.72. The van der Waals surface area contributed by atoms with Crippen molar-refractivity contribution in [3.8, 4) is 0 Å². The number of rotatable bonds is 7. The summed E-state index contributed by atoms with van der Waals surface area (Å²) in [6.45, 7) is 8.71. The molecule has 1 rings (SSSR count). The molecule has 0 heterocycles. The molecule has 0 aliphatic heterocycles. The van der Waals surface area contributed by atoms with E-state index in [-0.39, 0.29) is 17.0 Å². The molecule has 1 aromatic carbocycles. The molecular weight excluding hydrogens is 258 g/mol. The summed E-state index contributed by atoms with van der Waals surface area (Å²) in [4.78, 5) is 0. The number of benzene rings is 1. The SMILES string of the molecule is CCNC(C)CC(C)S(=O)(=O)Cc1cccc(C)c1. The van der Waals surface area contributed by atoms with Crippen LogP contribution in [0.1, 0.15) is 38.3 Å². The molecule has 0 fully saturated rings. The van der Waals surface area contributed by atoms with Gasteiger partial charge in [-0.3, -0.25) is 0 Å². The van der Waals surface area contributed by atoms with E-state index in [1.807, 2.05) is 45.0 Å². The predicted octanol–water partition coefficient (Wildman–Crippen LogP) is 2.69. The van der Waals surface area contributed by atoms with Crippen molar-refractivity contribution >= 4 is 9.84 Å². The summed E-state index contributed by atoms with van der Waals surface area (Å²) in [6.07, 6.45) is 0.655. The Morgan fingerprint density at radius 1 is 1.26 bits per heavy atom. The van der Waals surface area contributed by atoms with Crippen LogP contribution in [0.15, 0.2) is 24.3 Å². The van der Waals surface area contributed by atoms with E-state index in [1.54, 1.807) is 6.92 Å². The van der Waals surface area contributed by atoms with Gasteiger partial charge in [-0.15, -0.1) is 0 Å². The zero-order valence-electron chi connectivity index (χ0n) is 12.3. The van der Waals surface area contributed by atoms with Gasteiger partial charge < -0.3 is 5.32 Å². The smallest absolute Gasteiger partial charge is 0.157 e. The third-order valence-electron chi connectivity index (χ3n) is 3.30. The van der Waals surface area contributed by atoms with Crippen LogP contribution in [0.25, 0.3) is 0 Å². The van der Waals surface area contributed by atoms with E-state index in [1.165, 1.54) is 0 Å². The average Bonchev–Trinajstić information content (AvgIpc) is 2.28. The highest BCUT2D eigenvalue weighted by Gasteiger charge is 2.23. The molecule has 4 heteroatoms. The van der Waals surface area contributed by atoms with E-state index in [4.69, 9.17) is 0 Å². The first-order chi connectivity index (χ1) is 8.85. The molecule has 3 nitrogen and oxygen atoms in total. The number of sulfone groups is 1. The fraction of sp³-hybridized carbons (Fsp3) is 0.600. The Morgan fingerprint density at radius 2 is 1.95 bits per heavy atom. The molecule has 0 radical (unpaired) electrons. The Kier molecular flexibility index (Phi) is 6.01. The maximum absolute atomic E-state index is 12.3. The van der Waals surface area contributed by atoms with E-state index in [9.17, 15) is 8.42 Å². The van der Waals surface area contributed by atoms with Crippen LogP contribution < -0.4 is 5.32 Å². The Balaban J connectivity index is 2.70. The van der Waals surface area contributed by atoms with Crippen molar-refractivity contribution in [3.05, 3.63) is 35.4 Å². The third-order valence-corrected chi connectivity index (χ3v) is 5.46. The molecule has 0 aliphatic carbocycles. The molecule has 0 saturated carbocycles. The minimum atomic E-state index is -3.08. The van der Waals surface area contributed by atoms with Crippen molar-refractivity contribution in [1.29, 1.82) is 0 Å². The van der Waals surface area contributed by atoms with Gasteiger partial charge in [0.25, 0.3) is 0 Å². The monoisotopic (exact) mass is 283 g/mol. The van der Waals surface area contributed by atoms with Crippen molar-refractivity contribution in [1.82, 2.24) is 5.32 Å². The third kappa shape index (κ3) is 5.33. The largest absolute Gasteiger partial charge is 0.314 e. The zero-order chi connectivity index (χ0) is 14.5. The van der Waals surface area contributed by atoms with Gasteiger partial charge in [0.15, 0.2) is 9.84 Å². The Bertz CT molecular complexity index is 497. The molecule has 0 aromatic heterocycles. The predicted molar refractivity (Wildman–Crippen MR) is 81.0 cm³/mol. The fourth-order valence-corrected chi connectivity index (χ4v) is 3.76. The first-order valence-electron chi connectivity index (χ1n) is 6.85. The van der Waals surface area contributed by atoms with Crippen LogP contribution in [0, 0.1) is 6.92 Å². The molecule has 2 atom stereocenters. The molecule has 0 saturated heterocycles. The maximum atomic E-state index is 12.3. The van der Waals surface area contributed by atoms with Gasteiger partial charge in [-0.05, 0) is 39.3 Å². The van der Waals surface area contributed by atoms with Crippen molar-refractivity contribution in [2.45, 2.75) is 51.2 Å². The molecule has 0 aliphatic rings. The van der Waals surface area contributed by atoms with Crippen molar-refractivity contribution in [2.24, 2.45) is 0 Å². The molecular formula is C15H25NO2S. The quantitative estimate of drug-likeness (QED) is 0.837. The van der Waals surface area contributed by atoms with Crippen molar-refractivity contribution in [2.75, 3.05) is 6.54 Å². The summed E-state index contributed by atoms with van der Waals surface area (Å²) in [5.41, 5.74) is 1.98. The van der Waals surface area contributed by atoms with Crippen LogP contribution in [0.2, 0.25) is 0 Å². The summed E-state index contributed by atoms with van der Waals surface area (Å²) in [6, 6.07) is 7.94. The lowest BCUT2D eigenvalue weighted by atomic mass is 10.2. The lowest BCUT2D eigenvalue weighted by Crippen LogP contribution is -2.32. The second kappa shape index (κ2) is 7.06. The normalized spacial score (nSPS) is 15.2. The first kappa shape index (κ1) is 16.2. The molecule has 19 heavy (non-hydrogen) atoms. The van der Waals surface area contributed by atoms with Crippen LogP contribution in [0.5, 0.6) is 0 Å². The van der Waals surface area contributed by atoms with E-state index < -0.39 is 9.84 Å². The minimum absolute atomic E-state index is 0.134. The van der Waals surface area contributed by atoms with Gasteiger partial charge in [0, 0.05) is 6.04 Å². The van der Waals surface area contributed by atoms with Crippen LogP contribution >= 0.6 is 0 Å². The van der Waals surface area contributed by atoms with Crippen LogP contribution in [-0.2, 0) is 15.6 Å². The van der Waals surface area contributed by atoms with Gasteiger partial charge in [-0.1, -0.05) is 36.8 Å². The molecule has 1 aromatic rings. The molecule has 108 valence electrons. The molecule has 0 bridgehead atoms. The van der Waals surface area contributed by atoms with Crippen LogP contribution in [-0.4, -0.2) is 26.3 Å². The number of aryl methyl sites for hydroxylation is 1. The van der Waals surface area contributed by atoms with E-state index in [0.29, 0.717) is 6.42 Å². The molecule has 2 unspecified atom stereocenters. The van der Waals surface area contributed by atoms with Crippen LogP contribution in [0.4, 0.5) is 0 Å². The van der Waals surface area contributed by atoms with Crippen molar-refractivity contribution < 1.29 is 8.42 Å². The highest BCUT2D eigenvalue weighted by molar-refractivity contribution is 7.91. The number of nitrogens with one attached hydrogen (secondary N) is 1.